The predicted molar refractivity (Wildman–Crippen MR) is 50.7 cm³/mol. The Labute approximate surface area is 82.5 Å². The van der Waals surface area contributed by atoms with Crippen molar-refractivity contribution in [2.24, 2.45) is 0 Å². The van der Waals surface area contributed by atoms with E-state index in [2.05, 4.69) is 4.98 Å². The molecule has 0 unspecified atom stereocenters. The van der Waals surface area contributed by atoms with Crippen molar-refractivity contribution in [1.82, 2.24) is 9.55 Å². The Balaban J connectivity index is 3.07. The van der Waals surface area contributed by atoms with Gasteiger partial charge in [-0.25, -0.2) is 13.4 Å². The maximum Gasteiger partial charge on any atom is 0.227 e. The first-order valence-corrected chi connectivity index (χ1v) is 6.10. The van der Waals surface area contributed by atoms with Crippen LogP contribution in [0.2, 0.25) is 0 Å². The number of nitrogens with zero attached hydrogens (tertiary/aromatic N) is 2. The molecule has 0 aliphatic rings. The Kier molecular flexibility index (Phi) is 3.33. The summed E-state index contributed by atoms with van der Waals surface area (Å²) >= 11 is 5.38. The van der Waals surface area contributed by atoms with E-state index in [-0.39, 0.29) is 16.8 Å². The highest BCUT2D eigenvalue weighted by molar-refractivity contribution is 7.91. The maximum absolute atomic E-state index is 11.5. The third-order valence-corrected chi connectivity index (χ3v) is 3.69. The van der Waals surface area contributed by atoms with Gasteiger partial charge in [0.2, 0.25) is 15.0 Å². The fraction of sp³-hybridized carbons (Fsp3) is 0.571. The van der Waals surface area contributed by atoms with Crippen LogP contribution in [0.5, 0.6) is 0 Å². The molecular formula is C7H11ClN2O2S. The first kappa shape index (κ1) is 10.5. The van der Waals surface area contributed by atoms with Crippen LogP contribution < -0.4 is 0 Å². The van der Waals surface area contributed by atoms with Crippen LogP contribution in [0.15, 0.2) is 17.6 Å². The number of rotatable bonds is 4. The van der Waals surface area contributed by atoms with E-state index in [1.165, 1.54) is 6.20 Å². The summed E-state index contributed by atoms with van der Waals surface area (Å²) in [6.07, 6.45) is 3.12. The van der Waals surface area contributed by atoms with Gasteiger partial charge < -0.3 is 4.57 Å². The van der Waals surface area contributed by atoms with E-state index < -0.39 is 9.84 Å². The highest BCUT2D eigenvalue weighted by Crippen LogP contribution is 2.08. The second-order valence-electron chi connectivity index (χ2n) is 2.50. The normalized spacial score (nSPS) is 11.8. The van der Waals surface area contributed by atoms with Crippen molar-refractivity contribution in [3.05, 3.63) is 12.4 Å². The lowest BCUT2D eigenvalue weighted by molar-refractivity contribution is 0.570. The van der Waals surface area contributed by atoms with Crippen molar-refractivity contribution in [3.8, 4) is 0 Å². The molecule has 4 nitrogen and oxygen atoms in total. The van der Waals surface area contributed by atoms with Gasteiger partial charge >= 0.3 is 0 Å². The quantitative estimate of drug-likeness (QED) is 0.712. The highest BCUT2D eigenvalue weighted by atomic mass is 35.5. The summed E-state index contributed by atoms with van der Waals surface area (Å²) in [5.41, 5.74) is 0. The monoisotopic (exact) mass is 222 g/mol. The standard InChI is InChI=1S/C7H11ClN2O2S/c1-2-10-5-4-9-7(10)13(11,12)6-3-8/h4-5H,2-3,6H2,1H3. The second kappa shape index (κ2) is 4.11. The van der Waals surface area contributed by atoms with Crippen molar-refractivity contribution in [3.63, 3.8) is 0 Å². The van der Waals surface area contributed by atoms with Crippen molar-refractivity contribution in [2.45, 2.75) is 18.6 Å². The first-order valence-electron chi connectivity index (χ1n) is 3.91. The van der Waals surface area contributed by atoms with Gasteiger partial charge in [-0.05, 0) is 6.92 Å². The summed E-state index contributed by atoms with van der Waals surface area (Å²) in [5, 5.41) is 0.107. The number of aromatic nitrogens is 2. The molecule has 1 aromatic heterocycles. The molecule has 0 spiro atoms. The highest BCUT2D eigenvalue weighted by Gasteiger charge is 2.18. The Morgan fingerprint density at radius 1 is 1.62 bits per heavy atom. The largest absolute Gasteiger partial charge is 0.322 e. The van der Waals surface area contributed by atoms with Gasteiger partial charge in [0.05, 0.1) is 5.75 Å². The van der Waals surface area contributed by atoms with Crippen LogP contribution in [0.4, 0.5) is 0 Å². The summed E-state index contributed by atoms with van der Waals surface area (Å²) in [4.78, 5) is 3.79. The second-order valence-corrected chi connectivity index (χ2v) is 4.88. The van der Waals surface area contributed by atoms with Gasteiger partial charge in [0.15, 0.2) is 0 Å². The maximum atomic E-state index is 11.5. The molecule has 6 heteroatoms. The average Bonchev–Trinajstić information content (AvgIpc) is 2.51. The lowest BCUT2D eigenvalue weighted by atomic mass is 10.7. The summed E-state index contributed by atoms with van der Waals surface area (Å²) in [6.45, 7) is 2.46. The van der Waals surface area contributed by atoms with E-state index in [1.807, 2.05) is 6.92 Å². The third-order valence-electron chi connectivity index (χ3n) is 1.64. The summed E-state index contributed by atoms with van der Waals surface area (Å²) in [6, 6.07) is 0. The van der Waals surface area contributed by atoms with Crippen molar-refractivity contribution in [2.75, 3.05) is 11.6 Å². The van der Waals surface area contributed by atoms with Gasteiger partial charge in [-0.3, -0.25) is 0 Å². The minimum atomic E-state index is -3.29. The molecule has 0 amide bonds. The topological polar surface area (TPSA) is 52.0 Å². The zero-order valence-electron chi connectivity index (χ0n) is 7.27. The van der Waals surface area contributed by atoms with E-state index in [4.69, 9.17) is 11.6 Å². The third kappa shape index (κ3) is 2.22. The molecule has 1 aromatic rings. The van der Waals surface area contributed by atoms with Crippen LogP contribution in [0.25, 0.3) is 0 Å². The Morgan fingerprint density at radius 3 is 2.85 bits per heavy atom. The molecule has 0 saturated heterocycles. The number of halogens is 1. The molecule has 0 aliphatic heterocycles. The SMILES string of the molecule is CCn1ccnc1S(=O)(=O)CCCl. The molecule has 74 valence electrons. The predicted octanol–water partition coefficient (Wildman–Crippen LogP) is 0.915. The van der Waals surface area contributed by atoms with Crippen LogP contribution in [-0.4, -0.2) is 29.6 Å². The van der Waals surface area contributed by atoms with E-state index >= 15 is 0 Å². The molecule has 0 N–H and O–H groups in total. The molecule has 13 heavy (non-hydrogen) atoms. The molecule has 0 radical (unpaired) electrons. The number of hydrogen-bond donors (Lipinski definition) is 0. The van der Waals surface area contributed by atoms with Gasteiger partial charge in [0.1, 0.15) is 0 Å². The fourth-order valence-electron chi connectivity index (χ4n) is 1.01. The molecule has 0 atom stereocenters. The number of hydrogen-bond acceptors (Lipinski definition) is 3. The summed E-state index contributed by atoms with van der Waals surface area (Å²) < 4.78 is 24.6. The number of alkyl halides is 1. The van der Waals surface area contributed by atoms with Crippen molar-refractivity contribution < 1.29 is 8.42 Å². The Bertz CT molecular complexity index is 372. The molecule has 1 rings (SSSR count). The van der Waals surface area contributed by atoms with Crippen LogP contribution in [0.3, 0.4) is 0 Å². The lowest BCUT2D eigenvalue weighted by Gasteiger charge is -2.03. The Morgan fingerprint density at radius 2 is 2.31 bits per heavy atom. The number of sulfone groups is 1. The molecule has 1 heterocycles. The molecular weight excluding hydrogens is 212 g/mol. The van der Waals surface area contributed by atoms with Crippen LogP contribution in [0, 0.1) is 0 Å². The van der Waals surface area contributed by atoms with Gasteiger partial charge in [-0.1, -0.05) is 0 Å². The van der Waals surface area contributed by atoms with Gasteiger partial charge in [0.25, 0.3) is 0 Å². The smallest absolute Gasteiger partial charge is 0.227 e. The fourth-order valence-corrected chi connectivity index (χ4v) is 2.77. The van der Waals surface area contributed by atoms with Gasteiger partial charge in [-0.2, -0.15) is 0 Å². The van der Waals surface area contributed by atoms with E-state index in [1.54, 1.807) is 10.8 Å². The first-order chi connectivity index (χ1) is 6.11. The van der Waals surface area contributed by atoms with E-state index in [0.717, 1.165) is 0 Å². The van der Waals surface area contributed by atoms with Crippen molar-refractivity contribution in [1.29, 1.82) is 0 Å². The number of aryl methyl sites for hydroxylation is 1. The lowest BCUT2D eigenvalue weighted by Crippen LogP contribution is -2.14. The summed E-state index contributed by atoms with van der Waals surface area (Å²) in [7, 11) is -3.29. The van der Waals surface area contributed by atoms with Gasteiger partial charge in [-0.15, -0.1) is 11.6 Å². The zero-order chi connectivity index (χ0) is 9.90. The molecule has 0 bridgehead atoms. The molecule has 0 aliphatic carbocycles. The van der Waals surface area contributed by atoms with Crippen LogP contribution in [0.1, 0.15) is 6.92 Å². The average molecular weight is 223 g/mol. The molecule has 0 saturated carbocycles. The van der Waals surface area contributed by atoms with E-state index in [0.29, 0.717) is 6.54 Å². The molecule has 0 aromatic carbocycles. The number of imidazole rings is 1. The minimum absolute atomic E-state index is 0.0639. The van der Waals surface area contributed by atoms with Gasteiger partial charge in [0, 0.05) is 24.8 Å². The van der Waals surface area contributed by atoms with Crippen molar-refractivity contribution >= 4 is 21.4 Å². The zero-order valence-corrected chi connectivity index (χ0v) is 8.85. The Hall–Kier alpha value is -0.550. The van der Waals surface area contributed by atoms with Crippen LogP contribution in [-0.2, 0) is 16.4 Å². The van der Waals surface area contributed by atoms with E-state index in [9.17, 15) is 8.42 Å². The molecule has 0 fully saturated rings. The van der Waals surface area contributed by atoms with Crippen LogP contribution >= 0.6 is 11.6 Å². The summed E-state index contributed by atoms with van der Waals surface area (Å²) in [5.74, 6) is 0.0322. The minimum Gasteiger partial charge on any atom is -0.322 e.